The number of nitriles is 1. The van der Waals surface area contributed by atoms with Gasteiger partial charge in [0.25, 0.3) is 0 Å². The van der Waals surface area contributed by atoms with Crippen molar-refractivity contribution in [2.24, 2.45) is 0 Å². The molecule has 0 amide bonds. The Morgan fingerprint density at radius 3 is 2.88 bits per heavy atom. The number of hydrogen-bond acceptors (Lipinski definition) is 2. The number of hydrogen-bond donors (Lipinski definition) is 0. The molecule has 4 heteroatoms. The van der Waals surface area contributed by atoms with Crippen molar-refractivity contribution in [1.29, 1.82) is 5.26 Å². The molecule has 2 nitrogen and oxygen atoms in total. The van der Waals surface area contributed by atoms with Gasteiger partial charge >= 0.3 is 0 Å². The average Bonchev–Trinajstić information content (AvgIpc) is 2.34. The van der Waals surface area contributed by atoms with Crippen LogP contribution in [0, 0.1) is 14.9 Å². The summed E-state index contributed by atoms with van der Waals surface area (Å²) in [6.07, 6.45) is 2.03. The van der Waals surface area contributed by atoms with E-state index in [0.717, 1.165) is 22.0 Å². The number of benzene rings is 1. The standard InChI is InChI=1S/C13H13BrINO/c14-9-13(17)12(6-1-2-7-16)10-4-3-5-11(15)8-10/h3-5,8,12H,1-2,6,9H2. The van der Waals surface area contributed by atoms with Gasteiger partial charge in [-0.1, -0.05) is 28.1 Å². The maximum atomic E-state index is 11.9. The Balaban J connectivity index is 2.83. The minimum atomic E-state index is -0.0857. The Bertz CT molecular complexity index is 428. The van der Waals surface area contributed by atoms with E-state index in [4.69, 9.17) is 5.26 Å². The highest BCUT2D eigenvalue weighted by molar-refractivity contribution is 14.1. The summed E-state index contributed by atoms with van der Waals surface area (Å²) in [5.41, 5.74) is 1.05. The van der Waals surface area contributed by atoms with Gasteiger partial charge in [0.1, 0.15) is 0 Å². The summed E-state index contributed by atoms with van der Waals surface area (Å²) in [6.45, 7) is 0. The number of ketones is 1. The molecule has 1 aromatic carbocycles. The van der Waals surface area contributed by atoms with E-state index in [1.807, 2.05) is 24.3 Å². The van der Waals surface area contributed by atoms with Gasteiger partial charge in [0.2, 0.25) is 0 Å². The largest absolute Gasteiger partial charge is 0.298 e. The lowest BCUT2D eigenvalue weighted by atomic mass is 9.90. The molecule has 90 valence electrons. The number of unbranched alkanes of at least 4 members (excludes halogenated alkanes) is 1. The molecule has 1 unspecified atom stereocenters. The summed E-state index contributed by atoms with van der Waals surface area (Å²) in [5, 5.41) is 8.91. The fourth-order valence-corrected chi connectivity index (χ4v) is 2.67. The molecule has 1 rings (SSSR count). The Morgan fingerprint density at radius 2 is 2.29 bits per heavy atom. The molecule has 0 aromatic heterocycles. The average molecular weight is 406 g/mol. The minimum Gasteiger partial charge on any atom is -0.298 e. The van der Waals surface area contributed by atoms with Crippen LogP contribution in [0.15, 0.2) is 24.3 Å². The van der Waals surface area contributed by atoms with Gasteiger partial charge in [0.15, 0.2) is 5.78 Å². The van der Waals surface area contributed by atoms with Crippen LogP contribution in [0.1, 0.15) is 30.7 Å². The summed E-state index contributed by atoms with van der Waals surface area (Å²) >= 11 is 5.47. The van der Waals surface area contributed by atoms with Crippen molar-refractivity contribution in [3.05, 3.63) is 33.4 Å². The third-order valence-electron chi connectivity index (χ3n) is 2.55. The van der Waals surface area contributed by atoms with E-state index in [1.54, 1.807) is 0 Å². The fraction of sp³-hybridized carbons (Fsp3) is 0.385. The van der Waals surface area contributed by atoms with E-state index in [2.05, 4.69) is 44.6 Å². The van der Waals surface area contributed by atoms with E-state index >= 15 is 0 Å². The van der Waals surface area contributed by atoms with E-state index in [0.29, 0.717) is 11.8 Å². The van der Waals surface area contributed by atoms with Crippen LogP contribution in [0.5, 0.6) is 0 Å². The summed E-state index contributed by atoms with van der Waals surface area (Å²) in [5.74, 6) is 0.0994. The van der Waals surface area contributed by atoms with Crippen LogP contribution in [0.4, 0.5) is 0 Å². The van der Waals surface area contributed by atoms with Gasteiger partial charge in [-0.15, -0.1) is 0 Å². The molecule has 0 aliphatic carbocycles. The van der Waals surface area contributed by atoms with Gasteiger partial charge in [-0.3, -0.25) is 4.79 Å². The van der Waals surface area contributed by atoms with Crippen molar-refractivity contribution in [2.75, 3.05) is 5.33 Å². The molecule has 0 N–H and O–H groups in total. The highest BCUT2D eigenvalue weighted by atomic mass is 127. The second-order valence-electron chi connectivity index (χ2n) is 3.76. The maximum Gasteiger partial charge on any atom is 0.150 e. The van der Waals surface area contributed by atoms with Crippen molar-refractivity contribution < 1.29 is 4.79 Å². The highest BCUT2D eigenvalue weighted by Crippen LogP contribution is 2.25. The number of carbonyl (C=O) groups is 1. The number of halogens is 2. The highest BCUT2D eigenvalue weighted by Gasteiger charge is 2.19. The number of carbonyl (C=O) groups excluding carboxylic acids is 1. The van der Waals surface area contributed by atoms with Gasteiger partial charge in [-0.05, 0) is 53.1 Å². The van der Waals surface area contributed by atoms with Crippen LogP contribution < -0.4 is 0 Å². The quantitative estimate of drug-likeness (QED) is 0.407. The number of alkyl halides is 1. The monoisotopic (exact) mass is 405 g/mol. The van der Waals surface area contributed by atoms with Crippen molar-refractivity contribution in [3.8, 4) is 6.07 Å². The third kappa shape index (κ3) is 4.76. The zero-order chi connectivity index (χ0) is 12.7. The first-order valence-electron chi connectivity index (χ1n) is 5.40. The van der Waals surface area contributed by atoms with Crippen LogP contribution in [0.25, 0.3) is 0 Å². The second kappa shape index (κ2) is 7.83. The molecule has 0 spiro atoms. The van der Waals surface area contributed by atoms with Gasteiger partial charge in [0, 0.05) is 15.9 Å². The molecule has 0 heterocycles. The Labute approximate surface area is 124 Å². The SMILES string of the molecule is N#CCCCC(C(=O)CBr)c1cccc(I)c1. The summed E-state index contributed by atoms with van der Waals surface area (Å²) < 4.78 is 1.13. The Kier molecular flexibility index (Phi) is 6.75. The van der Waals surface area contributed by atoms with Gasteiger partial charge < -0.3 is 0 Å². The lowest BCUT2D eigenvalue weighted by Crippen LogP contribution is -2.14. The number of nitrogens with zero attached hydrogens (tertiary/aromatic N) is 1. The van der Waals surface area contributed by atoms with Crippen molar-refractivity contribution in [3.63, 3.8) is 0 Å². The summed E-state index contributed by atoms with van der Waals surface area (Å²) in [6, 6.07) is 10.1. The van der Waals surface area contributed by atoms with Crippen LogP contribution in [0.2, 0.25) is 0 Å². The first-order chi connectivity index (χ1) is 8.19. The first-order valence-corrected chi connectivity index (χ1v) is 7.60. The lowest BCUT2D eigenvalue weighted by Gasteiger charge is -2.14. The van der Waals surface area contributed by atoms with Crippen LogP contribution in [0.3, 0.4) is 0 Å². The van der Waals surface area contributed by atoms with Crippen LogP contribution in [-0.4, -0.2) is 11.1 Å². The zero-order valence-corrected chi connectivity index (χ0v) is 13.1. The van der Waals surface area contributed by atoms with Crippen molar-refractivity contribution >= 4 is 44.3 Å². The third-order valence-corrected chi connectivity index (χ3v) is 3.78. The minimum absolute atomic E-state index is 0.0857. The first kappa shape index (κ1) is 14.7. The van der Waals surface area contributed by atoms with E-state index in [-0.39, 0.29) is 11.7 Å². The van der Waals surface area contributed by atoms with E-state index in [9.17, 15) is 4.79 Å². The number of rotatable bonds is 6. The summed E-state index contributed by atoms with van der Waals surface area (Å²) in [4.78, 5) is 11.9. The van der Waals surface area contributed by atoms with E-state index < -0.39 is 0 Å². The maximum absolute atomic E-state index is 11.9. The molecule has 1 atom stereocenters. The van der Waals surface area contributed by atoms with Crippen molar-refractivity contribution in [1.82, 2.24) is 0 Å². The molecule has 1 aromatic rings. The topological polar surface area (TPSA) is 40.9 Å². The van der Waals surface area contributed by atoms with Gasteiger partial charge in [0.05, 0.1) is 11.4 Å². The van der Waals surface area contributed by atoms with Crippen LogP contribution >= 0.6 is 38.5 Å². The molecule has 17 heavy (non-hydrogen) atoms. The molecule has 0 bridgehead atoms. The molecule has 0 saturated heterocycles. The fourth-order valence-electron chi connectivity index (χ4n) is 1.72. The molecule has 0 aliphatic rings. The smallest absolute Gasteiger partial charge is 0.150 e. The normalized spacial score (nSPS) is 11.8. The van der Waals surface area contributed by atoms with Gasteiger partial charge in [-0.2, -0.15) is 5.26 Å². The molecule has 0 aliphatic heterocycles. The van der Waals surface area contributed by atoms with Gasteiger partial charge in [-0.25, -0.2) is 0 Å². The molecule has 0 saturated carbocycles. The Hall–Kier alpha value is -0.410. The van der Waals surface area contributed by atoms with Crippen LogP contribution in [-0.2, 0) is 4.79 Å². The van der Waals surface area contributed by atoms with E-state index in [1.165, 1.54) is 0 Å². The molecular weight excluding hydrogens is 393 g/mol. The molecule has 0 radical (unpaired) electrons. The predicted octanol–water partition coefficient (Wildman–Crippen LogP) is 4.03. The molecule has 0 fully saturated rings. The lowest BCUT2D eigenvalue weighted by molar-refractivity contribution is -0.118. The van der Waals surface area contributed by atoms with Crippen molar-refractivity contribution in [2.45, 2.75) is 25.2 Å². The predicted molar refractivity (Wildman–Crippen MR) is 80.2 cm³/mol. The Morgan fingerprint density at radius 1 is 1.53 bits per heavy atom. The number of Topliss-reactive ketones (excluding diaryl/α,β-unsaturated/α-hetero) is 1. The second-order valence-corrected chi connectivity index (χ2v) is 5.56. The summed E-state index contributed by atoms with van der Waals surface area (Å²) in [7, 11) is 0. The molecular formula is C13H13BrINO. The zero-order valence-electron chi connectivity index (χ0n) is 9.33.